The second-order valence-electron chi connectivity index (χ2n) is 13.8. The van der Waals surface area contributed by atoms with Gasteiger partial charge in [-0.1, -0.05) is 69.3 Å². The molecule has 2 N–H and O–H groups in total. The van der Waals surface area contributed by atoms with Gasteiger partial charge in [-0.3, -0.25) is 14.4 Å². The first-order valence-electron chi connectivity index (χ1n) is 15.5. The Balaban J connectivity index is 1.56. The molecule has 0 radical (unpaired) electrons. The standard InChI is InChI=1S/C35H41F2N3O6Si/c1-34(2,3)47(5,6)46-21-25-14-15-35(4,44)28-19-39(25)33(43)29-31(45-20-22-10-8-7-9-11-22)30(41)26(18-40(28)29)32(42)38-17-23-12-13-24(36)16-27(23)37/h7-16,18,25,28,44H,17,19-21H2,1-6H3,(H,38,42)/t25-,28-,35+/m1/s1. The van der Waals surface area contributed by atoms with Gasteiger partial charge in [0.25, 0.3) is 11.8 Å². The van der Waals surface area contributed by atoms with Gasteiger partial charge in [0.1, 0.15) is 29.4 Å². The number of benzene rings is 2. The molecule has 2 aliphatic rings. The molecule has 250 valence electrons. The van der Waals surface area contributed by atoms with Gasteiger partial charge in [-0.25, -0.2) is 8.78 Å². The largest absolute Gasteiger partial charge is 0.483 e. The Bertz CT molecular complexity index is 1770. The van der Waals surface area contributed by atoms with Crippen LogP contribution in [0.25, 0.3) is 0 Å². The summed E-state index contributed by atoms with van der Waals surface area (Å²) in [5.41, 5.74) is -2.04. The molecule has 3 aromatic rings. The zero-order valence-corrected chi connectivity index (χ0v) is 28.5. The number of carbonyl (C=O) groups is 2. The summed E-state index contributed by atoms with van der Waals surface area (Å²) in [6.07, 6.45) is 4.63. The molecule has 0 aliphatic carbocycles. The van der Waals surface area contributed by atoms with Crippen LogP contribution in [0.5, 0.6) is 5.75 Å². The molecule has 3 heterocycles. The Kier molecular flexibility index (Phi) is 9.33. The van der Waals surface area contributed by atoms with E-state index in [4.69, 9.17) is 9.16 Å². The van der Waals surface area contributed by atoms with Crippen LogP contribution in [0.1, 0.15) is 65.7 Å². The predicted molar refractivity (Wildman–Crippen MR) is 176 cm³/mol. The summed E-state index contributed by atoms with van der Waals surface area (Å²) in [6.45, 7) is 12.1. The first-order chi connectivity index (χ1) is 22.0. The second kappa shape index (κ2) is 12.8. The van der Waals surface area contributed by atoms with Crippen molar-refractivity contribution in [3.8, 4) is 5.75 Å². The van der Waals surface area contributed by atoms with E-state index in [0.717, 1.165) is 11.6 Å². The molecule has 2 bridgehead atoms. The maximum atomic E-state index is 14.3. The highest BCUT2D eigenvalue weighted by Crippen LogP contribution is 2.40. The highest BCUT2D eigenvalue weighted by atomic mass is 28.4. The van der Waals surface area contributed by atoms with Crippen LogP contribution in [0.15, 0.2) is 71.7 Å². The van der Waals surface area contributed by atoms with Crippen molar-refractivity contribution in [2.75, 3.05) is 13.2 Å². The average molecular weight is 666 g/mol. The summed E-state index contributed by atoms with van der Waals surface area (Å²) in [5, 5.41) is 14.2. The lowest BCUT2D eigenvalue weighted by molar-refractivity contribution is 0.0161. The minimum Gasteiger partial charge on any atom is -0.483 e. The smallest absolute Gasteiger partial charge is 0.275 e. The van der Waals surface area contributed by atoms with E-state index in [-0.39, 0.29) is 53.9 Å². The lowest BCUT2D eigenvalue weighted by Gasteiger charge is -2.43. The lowest BCUT2D eigenvalue weighted by atomic mass is 9.93. The minimum atomic E-state index is -2.21. The maximum Gasteiger partial charge on any atom is 0.275 e. The van der Waals surface area contributed by atoms with Crippen LogP contribution in [0.3, 0.4) is 0 Å². The Hall–Kier alpha value is -4.13. The molecule has 3 atom stereocenters. The van der Waals surface area contributed by atoms with E-state index in [2.05, 4.69) is 39.2 Å². The number of aliphatic hydroxyl groups is 1. The average Bonchev–Trinajstić information content (AvgIpc) is 3.11. The third kappa shape index (κ3) is 6.95. The van der Waals surface area contributed by atoms with Crippen LogP contribution >= 0.6 is 0 Å². The van der Waals surface area contributed by atoms with Crippen LogP contribution in [-0.4, -0.2) is 59.5 Å². The number of fused-ring (bicyclic) bond motifs is 4. The molecule has 47 heavy (non-hydrogen) atoms. The van der Waals surface area contributed by atoms with Crippen molar-refractivity contribution < 1.29 is 32.6 Å². The van der Waals surface area contributed by atoms with Crippen molar-refractivity contribution in [3.05, 3.63) is 111 Å². The lowest BCUT2D eigenvalue weighted by Crippen LogP contribution is -2.54. The minimum absolute atomic E-state index is 0.0204. The van der Waals surface area contributed by atoms with E-state index in [1.54, 1.807) is 48.2 Å². The summed E-state index contributed by atoms with van der Waals surface area (Å²) in [4.78, 5) is 43.4. The molecule has 2 amide bonds. The van der Waals surface area contributed by atoms with Gasteiger partial charge in [-0.2, -0.15) is 0 Å². The van der Waals surface area contributed by atoms with E-state index < -0.39 is 54.9 Å². The van der Waals surface area contributed by atoms with Gasteiger partial charge in [0.05, 0.1) is 18.7 Å². The fourth-order valence-corrected chi connectivity index (χ4v) is 6.47. The van der Waals surface area contributed by atoms with E-state index >= 15 is 0 Å². The number of amides is 2. The van der Waals surface area contributed by atoms with Gasteiger partial charge < -0.3 is 29.1 Å². The monoisotopic (exact) mass is 665 g/mol. The van der Waals surface area contributed by atoms with Gasteiger partial charge in [0, 0.05) is 30.9 Å². The van der Waals surface area contributed by atoms with Crippen molar-refractivity contribution in [3.63, 3.8) is 0 Å². The number of aromatic nitrogens is 1. The van der Waals surface area contributed by atoms with Gasteiger partial charge >= 0.3 is 0 Å². The van der Waals surface area contributed by atoms with Crippen molar-refractivity contribution in [2.45, 2.75) is 76.7 Å². The third-order valence-corrected chi connectivity index (χ3v) is 13.9. The molecule has 12 heteroatoms. The zero-order chi connectivity index (χ0) is 34.3. The number of nitrogens with zero attached hydrogens (tertiary/aromatic N) is 2. The molecule has 2 aromatic carbocycles. The summed E-state index contributed by atoms with van der Waals surface area (Å²) in [7, 11) is -2.21. The number of nitrogens with one attached hydrogen (secondary N) is 1. The van der Waals surface area contributed by atoms with E-state index in [9.17, 15) is 28.3 Å². The van der Waals surface area contributed by atoms with Gasteiger partial charge in [-0.15, -0.1) is 0 Å². The Morgan fingerprint density at radius 3 is 2.49 bits per heavy atom. The van der Waals surface area contributed by atoms with E-state index in [1.165, 1.54) is 16.8 Å². The number of carbonyl (C=O) groups excluding carboxylic acids is 2. The quantitative estimate of drug-likeness (QED) is 0.236. The second-order valence-corrected chi connectivity index (χ2v) is 18.7. The van der Waals surface area contributed by atoms with E-state index in [1.807, 2.05) is 6.07 Å². The molecule has 1 aromatic heterocycles. The topological polar surface area (TPSA) is 110 Å². The Morgan fingerprint density at radius 1 is 1.13 bits per heavy atom. The van der Waals surface area contributed by atoms with Crippen molar-refractivity contribution in [1.82, 2.24) is 14.8 Å². The number of rotatable bonds is 9. The number of hydrogen-bond acceptors (Lipinski definition) is 6. The van der Waals surface area contributed by atoms with Gasteiger partial charge in [0.2, 0.25) is 5.43 Å². The van der Waals surface area contributed by atoms with Crippen LogP contribution in [0.2, 0.25) is 18.1 Å². The van der Waals surface area contributed by atoms with Crippen molar-refractivity contribution >= 4 is 20.1 Å². The molecule has 0 saturated carbocycles. The summed E-state index contributed by atoms with van der Waals surface area (Å²) >= 11 is 0. The first-order valence-corrected chi connectivity index (χ1v) is 18.5. The van der Waals surface area contributed by atoms with Crippen LogP contribution in [0.4, 0.5) is 8.78 Å². The highest BCUT2D eigenvalue weighted by Gasteiger charge is 2.47. The summed E-state index contributed by atoms with van der Waals surface area (Å²) < 4.78 is 41.7. The Morgan fingerprint density at radius 2 is 1.83 bits per heavy atom. The first kappa shape index (κ1) is 34.2. The number of ether oxygens (including phenoxy) is 1. The van der Waals surface area contributed by atoms with Gasteiger partial charge in [-0.05, 0) is 36.7 Å². The molecule has 9 nitrogen and oxygen atoms in total. The molecule has 0 saturated heterocycles. The number of halogens is 2. The molecule has 5 rings (SSSR count). The third-order valence-electron chi connectivity index (χ3n) is 9.44. The molecule has 0 fully saturated rings. The van der Waals surface area contributed by atoms with Crippen LogP contribution < -0.4 is 15.5 Å². The van der Waals surface area contributed by atoms with Crippen LogP contribution in [0, 0.1) is 11.6 Å². The molecular weight excluding hydrogens is 624 g/mol. The van der Waals surface area contributed by atoms with Crippen molar-refractivity contribution in [1.29, 1.82) is 0 Å². The fraction of sp³-hybridized carbons (Fsp3) is 0.400. The normalized spacial score (nSPS) is 20.9. The van der Waals surface area contributed by atoms with E-state index in [0.29, 0.717) is 6.07 Å². The SMILES string of the molecule is CC(C)(C)[Si](C)(C)OC[C@H]1C=C[C@](C)(O)[C@H]2CN1C(=O)c1c(OCc3ccccc3)c(=O)c(C(=O)NCc3ccc(F)cc3F)cn12. The predicted octanol–water partition coefficient (Wildman–Crippen LogP) is 5.34. The van der Waals surface area contributed by atoms with Gasteiger partial charge in [0.15, 0.2) is 19.8 Å². The fourth-order valence-electron chi connectivity index (χ4n) is 5.45. The molecule has 0 unspecified atom stereocenters. The maximum absolute atomic E-state index is 14.3. The van der Waals surface area contributed by atoms with Crippen molar-refractivity contribution in [2.24, 2.45) is 0 Å². The molecule has 0 spiro atoms. The highest BCUT2D eigenvalue weighted by molar-refractivity contribution is 6.74. The number of pyridine rings is 1. The zero-order valence-electron chi connectivity index (χ0n) is 27.5. The Labute approximate surface area is 273 Å². The summed E-state index contributed by atoms with van der Waals surface area (Å²) in [5.74, 6) is -3.30. The number of hydrogen-bond donors (Lipinski definition) is 2. The molecular formula is C35H41F2N3O6Si. The summed E-state index contributed by atoms with van der Waals surface area (Å²) in [6, 6.07) is 10.7. The van der Waals surface area contributed by atoms with Crippen LogP contribution in [-0.2, 0) is 17.6 Å². The molecule has 2 aliphatic heterocycles.